The van der Waals surface area contributed by atoms with Gasteiger partial charge in [-0.3, -0.25) is 9.69 Å². The highest BCUT2D eigenvalue weighted by Gasteiger charge is 2.40. The number of carbonyl (C=O) groups excluding carboxylic acids is 1. The van der Waals surface area contributed by atoms with E-state index in [-0.39, 0.29) is 11.6 Å². The first-order valence-corrected chi connectivity index (χ1v) is 9.09. The molecular formula is C17H18ClN3OS. The average Bonchev–Trinajstić information content (AvgIpc) is 3.02. The van der Waals surface area contributed by atoms with Gasteiger partial charge in [-0.05, 0) is 40.6 Å². The molecule has 1 aromatic heterocycles. The molecule has 23 heavy (non-hydrogen) atoms. The number of fused-ring (bicyclic) bond motifs is 1. The van der Waals surface area contributed by atoms with Gasteiger partial charge in [-0.2, -0.15) is 11.3 Å². The lowest BCUT2D eigenvalue weighted by atomic mass is 9.92. The van der Waals surface area contributed by atoms with Gasteiger partial charge in [-0.25, -0.2) is 0 Å². The molecule has 4 nitrogen and oxygen atoms in total. The summed E-state index contributed by atoms with van der Waals surface area (Å²) in [5.74, 6) is -0.0123. The van der Waals surface area contributed by atoms with Gasteiger partial charge in [0.2, 0.25) is 0 Å². The molecule has 3 heterocycles. The van der Waals surface area contributed by atoms with Crippen LogP contribution in [0.3, 0.4) is 0 Å². The number of nitrogens with one attached hydrogen (secondary N) is 2. The number of amides is 1. The van der Waals surface area contributed by atoms with Crippen LogP contribution in [-0.4, -0.2) is 29.6 Å². The highest BCUT2D eigenvalue weighted by Crippen LogP contribution is 2.33. The number of likely N-dealkylation sites (tertiary alicyclic amines) is 1. The molecule has 1 spiro atoms. The molecule has 0 unspecified atom stereocenters. The molecule has 1 saturated heterocycles. The molecule has 4 rings (SSSR count). The molecular weight excluding hydrogens is 330 g/mol. The number of rotatable bonds is 2. The third-order valence-electron chi connectivity index (χ3n) is 4.65. The first kappa shape index (κ1) is 15.0. The predicted molar refractivity (Wildman–Crippen MR) is 94.1 cm³/mol. The van der Waals surface area contributed by atoms with Gasteiger partial charge in [0.25, 0.3) is 5.91 Å². The molecule has 0 radical (unpaired) electrons. The predicted octanol–water partition coefficient (Wildman–Crippen LogP) is 3.55. The minimum absolute atomic E-state index is 0.0123. The van der Waals surface area contributed by atoms with Gasteiger partial charge in [0, 0.05) is 37.5 Å². The molecule has 2 aliphatic rings. The van der Waals surface area contributed by atoms with Crippen molar-refractivity contribution >= 4 is 34.5 Å². The molecule has 0 atom stereocenters. The van der Waals surface area contributed by atoms with Crippen molar-refractivity contribution in [2.45, 2.75) is 25.0 Å². The van der Waals surface area contributed by atoms with E-state index in [0.717, 1.165) is 38.2 Å². The van der Waals surface area contributed by atoms with Crippen molar-refractivity contribution in [2.75, 3.05) is 18.4 Å². The fourth-order valence-corrected chi connectivity index (χ4v) is 4.21. The monoisotopic (exact) mass is 347 g/mol. The number of hydrogen-bond donors (Lipinski definition) is 2. The fraction of sp³-hybridized carbons (Fsp3) is 0.353. The van der Waals surface area contributed by atoms with Crippen LogP contribution in [0.2, 0.25) is 5.02 Å². The Morgan fingerprint density at radius 3 is 2.78 bits per heavy atom. The maximum Gasteiger partial charge on any atom is 0.255 e. The maximum absolute atomic E-state index is 12.4. The second kappa shape index (κ2) is 5.82. The number of carbonyl (C=O) groups is 1. The first-order chi connectivity index (χ1) is 11.1. The highest BCUT2D eigenvalue weighted by atomic mass is 35.5. The molecule has 0 bridgehead atoms. The van der Waals surface area contributed by atoms with E-state index < -0.39 is 0 Å². The molecule has 1 amide bonds. The van der Waals surface area contributed by atoms with E-state index in [1.165, 1.54) is 5.56 Å². The van der Waals surface area contributed by atoms with E-state index in [1.54, 1.807) is 23.5 Å². The third-order valence-corrected chi connectivity index (χ3v) is 5.62. The molecule has 6 heteroatoms. The topological polar surface area (TPSA) is 44.4 Å². The molecule has 0 aliphatic carbocycles. The Morgan fingerprint density at radius 2 is 2.04 bits per heavy atom. The van der Waals surface area contributed by atoms with E-state index in [0.29, 0.717) is 10.6 Å². The van der Waals surface area contributed by atoms with Gasteiger partial charge in [0.05, 0.1) is 11.3 Å². The number of thiophene rings is 1. The van der Waals surface area contributed by atoms with Crippen LogP contribution in [0.4, 0.5) is 5.69 Å². The van der Waals surface area contributed by atoms with Gasteiger partial charge in [0.1, 0.15) is 5.66 Å². The van der Waals surface area contributed by atoms with Gasteiger partial charge in [0.15, 0.2) is 0 Å². The second-order valence-corrected chi connectivity index (χ2v) is 7.48. The third kappa shape index (κ3) is 2.96. The molecule has 0 saturated carbocycles. The SMILES string of the molecule is O=C1NC2(CCN(Cc3ccsc3)CC2)Nc2cc(Cl)ccc21. The molecule has 1 aromatic carbocycles. The summed E-state index contributed by atoms with van der Waals surface area (Å²) >= 11 is 7.81. The zero-order valence-electron chi connectivity index (χ0n) is 12.6. The van der Waals surface area contributed by atoms with Gasteiger partial charge in [-0.1, -0.05) is 11.6 Å². The van der Waals surface area contributed by atoms with Crippen LogP contribution in [0.1, 0.15) is 28.8 Å². The Hall–Kier alpha value is -1.56. The summed E-state index contributed by atoms with van der Waals surface area (Å²) in [6, 6.07) is 7.55. The lowest BCUT2D eigenvalue weighted by molar-refractivity contribution is 0.0822. The molecule has 1 fully saturated rings. The smallest absolute Gasteiger partial charge is 0.255 e. The van der Waals surface area contributed by atoms with Crippen LogP contribution < -0.4 is 10.6 Å². The van der Waals surface area contributed by atoms with Crippen molar-refractivity contribution in [1.29, 1.82) is 0 Å². The number of halogens is 1. The Kier molecular flexibility index (Phi) is 3.79. The zero-order chi connectivity index (χ0) is 15.9. The lowest BCUT2D eigenvalue weighted by Gasteiger charge is -2.46. The molecule has 2 aliphatic heterocycles. The second-order valence-electron chi connectivity index (χ2n) is 6.26. The van der Waals surface area contributed by atoms with Crippen molar-refractivity contribution in [1.82, 2.24) is 10.2 Å². The summed E-state index contributed by atoms with van der Waals surface area (Å²) in [6.07, 6.45) is 1.77. The number of nitrogens with zero attached hydrogens (tertiary/aromatic N) is 1. The standard InChI is InChI=1S/C17H18ClN3OS/c18-13-1-2-14-15(9-13)19-17(20-16(14)22)4-6-21(7-5-17)10-12-3-8-23-11-12/h1-3,8-9,11,19H,4-7,10H2,(H,20,22). The van der Waals surface area contributed by atoms with Crippen LogP contribution >= 0.6 is 22.9 Å². The zero-order valence-corrected chi connectivity index (χ0v) is 14.2. The normalized spacial score (nSPS) is 20.0. The van der Waals surface area contributed by atoms with Crippen LogP contribution in [0.15, 0.2) is 35.0 Å². The van der Waals surface area contributed by atoms with E-state index >= 15 is 0 Å². The summed E-state index contributed by atoms with van der Waals surface area (Å²) < 4.78 is 0. The van der Waals surface area contributed by atoms with E-state index in [2.05, 4.69) is 32.4 Å². The Labute approximate surface area is 144 Å². The summed E-state index contributed by atoms with van der Waals surface area (Å²) in [4.78, 5) is 14.8. The van der Waals surface area contributed by atoms with E-state index in [4.69, 9.17) is 11.6 Å². The summed E-state index contributed by atoms with van der Waals surface area (Å²) in [6.45, 7) is 2.90. The summed E-state index contributed by atoms with van der Waals surface area (Å²) in [5.41, 5.74) is 2.52. The summed E-state index contributed by atoms with van der Waals surface area (Å²) in [7, 11) is 0. The quantitative estimate of drug-likeness (QED) is 0.873. The van der Waals surface area contributed by atoms with Crippen LogP contribution in [0.5, 0.6) is 0 Å². The van der Waals surface area contributed by atoms with Crippen LogP contribution in [0.25, 0.3) is 0 Å². The van der Waals surface area contributed by atoms with Crippen molar-refractivity contribution in [3.8, 4) is 0 Å². The van der Waals surface area contributed by atoms with Crippen molar-refractivity contribution in [2.24, 2.45) is 0 Å². The largest absolute Gasteiger partial charge is 0.362 e. The minimum atomic E-state index is -0.347. The highest BCUT2D eigenvalue weighted by molar-refractivity contribution is 7.07. The number of benzene rings is 1. The minimum Gasteiger partial charge on any atom is -0.362 e. The van der Waals surface area contributed by atoms with E-state index in [1.807, 2.05) is 6.07 Å². The van der Waals surface area contributed by atoms with Crippen molar-refractivity contribution in [3.63, 3.8) is 0 Å². The molecule has 2 aromatic rings. The molecule has 120 valence electrons. The van der Waals surface area contributed by atoms with Crippen LogP contribution in [-0.2, 0) is 6.54 Å². The molecule has 2 N–H and O–H groups in total. The Bertz CT molecular complexity index is 723. The fourth-order valence-electron chi connectivity index (χ4n) is 3.38. The summed E-state index contributed by atoms with van der Waals surface area (Å²) in [5, 5.41) is 11.7. The van der Waals surface area contributed by atoms with Gasteiger partial charge in [-0.15, -0.1) is 0 Å². The number of piperidine rings is 1. The van der Waals surface area contributed by atoms with Crippen LogP contribution in [0, 0.1) is 0 Å². The Morgan fingerprint density at radius 1 is 1.22 bits per heavy atom. The average molecular weight is 348 g/mol. The Balaban J connectivity index is 1.48. The number of hydrogen-bond acceptors (Lipinski definition) is 4. The van der Waals surface area contributed by atoms with Gasteiger partial charge < -0.3 is 10.6 Å². The number of anilines is 1. The van der Waals surface area contributed by atoms with Crippen molar-refractivity contribution in [3.05, 3.63) is 51.2 Å². The van der Waals surface area contributed by atoms with Crippen molar-refractivity contribution < 1.29 is 4.79 Å². The van der Waals surface area contributed by atoms with Gasteiger partial charge >= 0.3 is 0 Å². The first-order valence-electron chi connectivity index (χ1n) is 7.77. The van der Waals surface area contributed by atoms with E-state index in [9.17, 15) is 4.79 Å². The lowest BCUT2D eigenvalue weighted by Crippen LogP contribution is -2.62. The maximum atomic E-state index is 12.4.